The summed E-state index contributed by atoms with van der Waals surface area (Å²) in [5.74, 6) is 0. The number of furan rings is 1. The van der Waals surface area contributed by atoms with Gasteiger partial charge in [0.1, 0.15) is 11.2 Å². The summed E-state index contributed by atoms with van der Waals surface area (Å²) in [6.45, 7) is 9.48. The molecule has 0 saturated heterocycles. The Bertz CT molecular complexity index is 3880. The third kappa shape index (κ3) is 4.91. The van der Waals surface area contributed by atoms with E-state index in [2.05, 4.69) is 245 Å². The van der Waals surface area contributed by atoms with Crippen molar-refractivity contribution in [1.82, 2.24) is 0 Å². The van der Waals surface area contributed by atoms with Crippen molar-refractivity contribution in [1.29, 1.82) is 0 Å². The van der Waals surface area contributed by atoms with Crippen LogP contribution in [0, 0.1) is 0 Å². The van der Waals surface area contributed by atoms with Crippen LogP contribution in [0.4, 0.5) is 17.1 Å². The van der Waals surface area contributed by atoms with Gasteiger partial charge in [-0.25, -0.2) is 0 Å². The smallest absolute Gasteiger partial charge is 0.137 e. The maximum atomic E-state index is 7.35. The zero-order valence-corrected chi connectivity index (χ0v) is 39.1. The van der Waals surface area contributed by atoms with Gasteiger partial charge in [-0.2, -0.15) is 0 Å². The van der Waals surface area contributed by atoms with Gasteiger partial charge in [0.25, 0.3) is 0 Å². The van der Waals surface area contributed by atoms with Crippen molar-refractivity contribution in [3.63, 3.8) is 0 Å². The highest BCUT2D eigenvalue weighted by atomic mass is 16.3. The summed E-state index contributed by atoms with van der Waals surface area (Å²) in [6, 6.07) is 79.6. The standard InChI is InChI=1S/C67H47NO/c1-65(2)52-25-13-8-20-44(52)48-33-30-41(36-57(48)65)68(42-31-34-49-45-21-9-14-26-53(45)66(3,4)58(49)37-42)43-32-35-51-60(38-43)69-61-39-59-63(62(64(51)61)40-18-6-5-7-19-40)50-24-12-17-29-56(50)67(59)54-27-15-10-22-46(54)47-23-11-16-28-55(47)67/h5-39H,1-4H3. The number of nitrogens with zero attached hydrogens (tertiary/aromatic N) is 1. The van der Waals surface area contributed by atoms with Gasteiger partial charge in [-0.3, -0.25) is 0 Å². The van der Waals surface area contributed by atoms with Crippen LogP contribution >= 0.6 is 0 Å². The van der Waals surface area contributed by atoms with Crippen molar-refractivity contribution in [2.24, 2.45) is 0 Å². The fourth-order valence-electron chi connectivity index (χ4n) is 13.6. The fourth-order valence-corrected chi connectivity index (χ4v) is 13.6. The van der Waals surface area contributed by atoms with E-state index in [4.69, 9.17) is 4.42 Å². The van der Waals surface area contributed by atoms with Crippen molar-refractivity contribution in [2.75, 3.05) is 4.90 Å². The molecule has 4 aliphatic rings. The Morgan fingerprint density at radius 1 is 0.319 bits per heavy atom. The normalized spacial score (nSPS) is 15.3. The molecule has 0 saturated carbocycles. The van der Waals surface area contributed by atoms with E-state index in [0.29, 0.717) is 0 Å². The molecule has 0 bridgehead atoms. The van der Waals surface area contributed by atoms with Crippen molar-refractivity contribution in [3.8, 4) is 55.6 Å². The molecule has 10 aromatic carbocycles. The summed E-state index contributed by atoms with van der Waals surface area (Å²) in [6.07, 6.45) is 0. The van der Waals surface area contributed by atoms with Crippen LogP contribution in [0.3, 0.4) is 0 Å². The van der Waals surface area contributed by atoms with Gasteiger partial charge in [0.05, 0.1) is 5.41 Å². The summed E-state index contributed by atoms with van der Waals surface area (Å²) in [5.41, 5.74) is 27.8. The molecule has 0 aliphatic heterocycles. The first kappa shape index (κ1) is 38.9. The highest BCUT2D eigenvalue weighted by Gasteiger charge is 2.53. The molecule has 1 aromatic heterocycles. The second kappa shape index (κ2) is 13.5. The van der Waals surface area contributed by atoms with E-state index in [1.807, 2.05) is 0 Å². The number of hydrogen-bond donors (Lipinski definition) is 0. The third-order valence-electron chi connectivity index (χ3n) is 16.7. The van der Waals surface area contributed by atoms with Crippen molar-refractivity contribution in [2.45, 2.75) is 43.9 Å². The first-order chi connectivity index (χ1) is 33.7. The Morgan fingerprint density at radius 3 is 1.29 bits per heavy atom. The maximum Gasteiger partial charge on any atom is 0.137 e. The molecule has 4 aliphatic carbocycles. The van der Waals surface area contributed by atoms with E-state index in [1.165, 1.54) is 100 Å². The Balaban J connectivity index is 0.990. The Hall–Kier alpha value is -8.20. The van der Waals surface area contributed by atoms with Gasteiger partial charge in [0.15, 0.2) is 0 Å². The van der Waals surface area contributed by atoms with E-state index in [1.54, 1.807) is 0 Å². The van der Waals surface area contributed by atoms with Crippen LogP contribution in [0.5, 0.6) is 0 Å². The van der Waals surface area contributed by atoms with E-state index in [-0.39, 0.29) is 10.8 Å². The fraction of sp³-hybridized carbons (Fsp3) is 0.104. The van der Waals surface area contributed by atoms with Gasteiger partial charge in [-0.15, -0.1) is 0 Å². The lowest BCUT2D eigenvalue weighted by molar-refractivity contribution is 0.660. The van der Waals surface area contributed by atoms with Gasteiger partial charge in [0.2, 0.25) is 0 Å². The van der Waals surface area contributed by atoms with Gasteiger partial charge in [0, 0.05) is 50.3 Å². The summed E-state index contributed by atoms with van der Waals surface area (Å²) >= 11 is 0. The third-order valence-corrected chi connectivity index (χ3v) is 16.7. The predicted octanol–water partition coefficient (Wildman–Crippen LogP) is 17.7. The van der Waals surface area contributed by atoms with E-state index in [9.17, 15) is 0 Å². The summed E-state index contributed by atoms with van der Waals surface area (Å²) < 4.78 is 7.35. The average Bonchev–Trinajstić information content (AvgIpc) is 4.12. The van der Waals surface area contributed by atoms with Gasteiger partial charge >= 0.3 is 0 Å². The molecule has 0 atom stereocenters. The highest BCUT2D eigenvalue weighted by molar-refractivity contribution is 6.19. The quantitative estimate of drug-likeness (QED) is 0.175. The summed E-state index contributed by atoms with van der Waals surface area (Å²) in [4.78, 5) is 2.46. The molecule has 11 aromatic rings. The molecule has 2 nitrogen and oxygen atoms in total. The summed E-state index contributed by atoms with van der Waals surface area (Å²) in [7, 11) is 0. The molecule has 0 unspecified atom stereocenters. The Kier molecular flexibility index (Phi) is 7.60. The van der Waals surface area contributed by atoms with Crippen molar-refractivity contribution >= 4 is 39.0 Å². The number of fused-ring (bicyclic) bond motifs is 19. The van der Waals surface area contributed by atoms with E-state index in [0.717, 1.165) is 39.0 Å². The Labute approximate surface area is 402 Å². The van der Waals surface area contributed by atoms with Crippen LogP contribution in [0.25, 0.3) is 77.6 Å². The van der Waals surface area contributed by atoms with Gasteiger partial charge < -0.3 is 9.32 Å². The van der Waals surface area contributed by atoms with Gasteiger partial charge in [-0.1, -0.05) is 191 Å². The molecule has 0 N–H and O–H groups in total. The SMILES string of the molecule is CC1(C)c2ccccc2-c2ccc(N(c3ccc4c(c3)C(C)(C)c3ccccc3-4)c3ccc4c(c3)oc3cc5c(c(-c6ccccc6)c34)-c3ccccc3C53c4ccccc4-c4ccccc43)cc21. The second-order valence-electron chi connectivity index (χ2n) is 20.7. The van der Waals surface area contributed by atoms with E-state index >= 15 is 0 Å². The van der Waals surface area contributed by atoms with Gasteiger partial charge in [-0.05, 0) is 137 Å². The minimum Gasteiger partial charge on any atom is -0.456 e. The molecule has 1 spiro atoms. The second-order valence-corrected chi connectivity index (χ2v) is 20.7. The molecule has 326 valence electrons. The Morgan fingerprint density at radius 2 is 0.739 bits per heavy atom. The molecular weight excluding hydrogens is 835 g/mol. The topological polar surface area (TPSA) is 16.4 Å². The molecule has 2 heteroatoms. The monoisotopic (exact) mass is 881 g/mol. The average molecular weight is 882 g/mol. The maximum absolute atomic E-state index is 7.35. The number of rotatable bonds is 4. The van der Waals surface area contributed by atoms with Crippen LogP contribution in [-0.4, -0.2) is 0 Å². The number of hydrogen-bond acceptors (Lipinski definition) is 2. The summed E-state index contributed by atoms with van der Waals surface area (Å²) in [5, 5.41) is 2.26. The van der Waals surface area contributed by atoms with E-state index < -0.39 is 5.41 Å². The van der Waals surface area contributed by atoms with Crippen LogP contribution < -0.4 is 4.90 Å². The molecule has 69 heavy (non-hydrogen) atoms. The largest absolute Gasteiger partial charge is 0.456 e. The zero-order chi connectivity index (χ0) is 46.0. The molecular formula is C67H47NO. The van der Waals surface area contributed by atoms with Crippen LogP contribution in [0.15, 0.2) is 217 Å². The van der Waals surface area contributed by atoms with Crippen molar-refractivity contribution < 1.29 is 4.42 Å². The van der Waals surface area contributed by atoms with Crippen molar-refractivity contribution in [3.05, 3.63) is 257 Å². The molecule has 0 amide bonds. The first-order valence-electron chi connectivity index (χ1n) is 24.4. The zero-order valence-electron chi connectivity index (χ0n) is 39.1. The number of benzene rings is 10. The minimum absolute atomic E-state index is 0.150. The highest BCUT2D eigenvalue weighted by Crippen LogP contribution is 2.65. The van der Waals surface area contributed by atoms with Crippen LogP contribution in [0.1, 0.15) is 72.2 Å². The first-order valence-corrected chi connectivity index (χ1v) is 24.4. The number of anilines is 3. The lowest BCUT2D eigenvalue weighted by Gasteiger charge is -2.30. The van der Waals surface area contributed by atoms with Crippen LogP contribution in [-0.2, 0) is 16.2 Å². The lowest BCUT2D eigenvalue weighted by atomic mass is 9.70. The molecule has 0 fully saturated rings. The molecule has 0 radical (unpaired) electrons. The predicted molar refractivity (Wildman–Crippen MR) is 285 cm³/mol. The minimum atomic E-state index is -0.500. The molecule has 15 rings (SSSR count). The van der Waals surface area contributed by atoms with Crippen LogP contribution in [0.2, 0.25) is 0 Å². The molecule has 1 heterocycles. The lowest BCUT2D eigenvalue weighted by Crippen LogP contribution is -2.25.